The van der Waals surface area contributed by atoms with Gasteiger partial charge in [-0.15, -0.1) is 11.8 Å². The highest BCUT2D eigenvalue weighted by Gasteiger charge is 2.18. The number of carbonyl (C=O) groups is 1. The van der Waals surface area contributed by atoms with E-state index in [0.29, 0.717) is 11.8 Å². The second kappa shape index (κ2) is 7.25. The molecule has 1 aromatic carbocycles. The third-order valence-electron chi connectivity index (χ3n) is 3.37. The molecule has 0 unspecified atom stereocenters. The van der Waals surface area contributed by atoms with Crippen LogP contribution in [0.3, 0.4) is 0 Å². The van der Waals surface area contributed by atoms with E-state index in [2.05, 4.69) is 36.2 Å². The van der Waals surface area contributed by atoms with Crippen LogP contribution in [-0.4, -0.2) is 48.7 Å². The number of nitrogens with one attached hydrogen (secondary N) is 1. The van der Waals surface area contributed by atoms with Gasteiger partial charge in [0.05, 0.1) is 6.54 Å². The summed E-state index contributed by atoms with van der Waals surface area (Å²) in [6.45, 7) is 10.8. The van der Waals surface area contributed by atoms with E-state index in [0.717, 1.165) is 42.2 Å². The van der Waals surface area contributed by atoms with Crippen molar-refractivity contribution in [1.82, 2.24) is 10.2 Å². The second-order valence-corrected chi connectivity index (χ2v) is 7.23. The number of ketones is 1. The van der Waals surface area contributed by atoms with Crippen molar-refractivity contribution in [3.8, 4) is 0 Å². The van der Waals surface area contributed by atoms with Crippen LogP contribution in [0.4, 0.5) is 0 Å². The molecule has 0 radical (unpaired) electrons. The van der Waals surface area contributed by atoms with Crippen LogP contribution < -0.4 is 5.32 Å². The summed E-state index contributed by atoms with van der Waals surface area (Å²) in [5, 5.41) is 3.81. The van der Waals surface area contributed by atoms with Crippen LogP contribution in [-0.2, 0) is 0 Å². The molecule has 0 amide bonds. The van der Waals surface area contributed by atoms with Crippen LogP contribution in [0.1, 0.15) is 29.8 Å². The van der Waals surface area contributed by atoms with Gasteiger partial charge in [0.1, 0.15) is 0 Å². The molecule has 20 heavy (non-hydrogen) atoms. The van der Waals surface area contributed by atoms with Crippen molar-refractivity contribution in [3.05, 3.63) is 29.3 Å². The Hall–Kier alpha value is -0.840. The molecular formula is C16H24N2OS. The summed E-state index contributed by atoms with van der Waals surface area (Å²) >= 11 is 1.77. The average Bonchev–Trinajstić information content (AvgIpc) is 2.41. The Balaban J connectivity index is 2.12. The zero-order chi connectivity index (χ0) is 14.5. The third kappa shape index (κ3) is 4.33. The average molecular weight is 292 g/mol. The number of carbonyl (C=O) groups excluding carboxylic acids is 1. The molecule has 1 heterocycles. The van der Waals surface area contributed by atoms with Crippen LogP contribution >= 0.6 is 11.8 Å². The Bertz CT molecular complexity index is 468. The lowest BCUT2D eigenvalue weighted by atomic mass is 10.1. The normalized spacial score (nSPS) is 16.6. The first-order valence-electron chi connectivity index (χ1n) is 7.30. The fourth-order valence-corrected chi connectivity index (χ4v) is 3.33. The zero-order valence-corrected chi connectivity index (χ0v) is 13.4. The van der Waals surface area contributed by atoms with E-state index in [1.807, 2.05) is 13.0 Å². The van der Waals surface area contributed by atoms with Crippen molar-refractivity contribution in [3.63, 3.8) is 0 Å². The summed E-state index contributed by atoms with van der Waals surface area (Å²) in [6.07, 6.45) is 0. The molecule has 1 N–H and O–H groups in total. The minimum atomic E-state index is 0.249. The summed E-state index contributed by atoms with van der Waals surface area (Å²) < 4.78 is 0. The molecule has 1 saturated heterocycles. The number of aryl methyl sites for hydroxylation is 1. The Morgan fingerprint density at radius 2 is 2.05 bits per heavy atom. The molecule has 1 fully saturated rings. The lowest BCUT2D eigenvalue weighted by Crippen LogP contribution is -2.45. The van der Waals surface area contributed by atoms with E-state index in [1.54, 1.807) is 11.8 Å². The summed E-state index contributed by atoms with van der Waals surface area (Å²) in [5.41, 5.74) is 2.05. The highest BCUT2D eigenvalue weighted by atomic mass is 32.2. The maximum Gasteiger partial charge on any atom is 0.177 e. The van der Waals surface area contributed by atoms with E-state index < -0.39 is 0 Å². The highest BCUT2D eigenvalue weighted by molar-refractivity contribution is 8.00. The molecule has 0 atom stereocenters. The first-order valence-corrected chi connectivity index (χ1v) is 8.18. The number of Topliss-reactive ketones (excluding diaryl/α,β-unsaturated/α-hetero) is 1. The van der Waals surface area contributed by atoms with Crippen molar-refractivity contribution in [2.45, 2.75) is 30.9 Å². The summed E-state index contributed by atoms with van der Waals surface area (Å²) in [7, 11) is 0. The number of hydrogen-bond acceptors (Lipinski definition) is 4. The Morgan fingerprint density at radius 1 is 1.35 bits per heavy atom. The van der Waals surface area contributed by atoms with Gasteiger partial charge in [-0.05, 0) is 19.1 Å². The second-order valence-electron chi connectivity index (χ2n) is 5.62. The van der Waals surface area contributed by atoms with Gasteiger partial charge in [0.25, 0.3) is 0 Å². The van der Waals surface area contributed by atoms with Gasteiger partial charge in [-0.2, -0.15) is 0 Å². The minimum Gasteiger partial charge on any atom is -0.314 e. The molecule has 1 aliphatic rings. The fraction of sp³-hybridized carbons (Fsp3) is 0.562. The van der Waals surface area contributed by atoms with Crippen molar-refractivity contribution in [2.75, 3.05) is 32.7 Å². The van der Waals surface area contributed by atoms with Crippen LogP contribution in [0.25, 0.3) is 0 Å². The first-order chi connectivity index (χ1) is 9.56. The summed E-state index contributed by atoms with van der Waals surface area (Å²) in [5.74, 6) is 0.249. The summed E-state index contributed by atoms with van der Waals surface area (Å²) in [4.78, 5) is 15.9. The maximum atomic E-state index is 12.6. The number of thioether (sulfide) groups is 1. The largest absolute Gasteiger partial charge is 0.314 e. The zero-order valence-electron chi connectivity index (χ0n) is 12.6. The van der Waals surface area contributed by atoms with Gasteiger partial charge in [-0.1, -0.05) is 25.5 Å². The molecule has 0 aliphatic carbocycles. The van der Waals surface area contributed by atoms with Gasteiger partial charge in [-0.25, -0.2) is 0 Å². The van der Waals surface area contributed by atoms with E-state index in [1.165, 1.54) is 0 Å². The van der Waals surface area contributed by atoms with Crippen LogP contribution in [0.5, 0.6) is 0 Å². The number of piperazine rings is 1. The van der Waals surface area contributed by atoms with Crippen molar-refractivity contribution >= 4 is 17.5 Å². The number of nitrogens with zero attached hydrogens (tertiary/aromatic N) is 1. The molecule has 0 bridgehead atoms. The van der Waals surface area contributed by atoms with E-state index in [9.17, 15) is 4.79 Å². The van der Waals surface area contributed by atoms with Crippen molar-refractivity contribution in [1.29, 1.82) is 0 Å². The smallest absolute Gasteiger partial charge is 0.177 e. The number of benzene rings is 1. The van der Waals surface area contributed by atoms with Gasteiger partial charge in [-0.3, -0.25) is 9.69 Å². The molecule has 0 saturated carbocycles. The topological polar surface area (TPSA) is 32.3 Å². The summed E-state index contributed by atoms with van der Waals surface area (Å²) in [6, 6.07) is 6.21. The van der Waals surface area contributed by atoms with Gasteiger partial charge in [0, 0.05) is 41.9 Å². The SMILES string of the molecule is Cc1ccc(SC(C)C)c(C(=O)CN2CCNCC2)c1. The molecule has 110 valence electrons. The van der Waals surface area contributed by atoms with E-state index in [4.69, 9.17) is 0 Å². The number of hydrogen-bond donors (Lipinski definition) is 1. The molecule has 0 spiro atoms. The van der Waals surface area contributed by atoms with Gasteiger partial charge in [0.15, 0.2) is 5.78 Å². The quantitative estimate of drug-likeness (QED) is 0.668. The van der Waals surface area contributed by atoms with Crippen LogP contribution in [0.2, 0.25) is 0 Å². The minimum absolute atomic E-state index is 0.249. The Labute approximate surface area is 126 Å². The Kier molecular flexibility index (Phi) is 5.64. The van der Waals surface area contributed by atoms with Crippen molar-refractivity contribution < 1.29 is 4.79 Å². The monoisotopic (exact) mass is 292 g/mol. The molecule has 4 heteroatoms. The fourth-order valence-electron chi connectivity index (χ4n) is 2.38. The van der Waals surface area contributed by atoms with E-state index in [-0.39, 0.29) is 5.78 Å². The van der Waals surface area contributed by atoms with Crippen molar-refractivity contribution in [2.24, 2.45) is 0 Å². The van der Waals surface area contributed by atoms with Gasteiger partial charge >= 0.3 is 0 Å². The predicted octanol–water partition coefficient (Wildman–Crippen LogP) is 2.58. The third-order valence-corrected chi connectivity index (χ3v) is 4.46. The molecule has 2 rings (SSSR count). The predicted molar refractivity (Wildman–Crippen MR) is 85.8 cm³/mol. The van der Waals surface area contributed by atoms with Crippen LogP contribution in [0, 0.1) is 6.92 Å². The number of rotatable bonds is 5. The molecule has 3 nitrogen and oxygen atoms in total. The maximum absolute atomic E-state index is 12.6. The lowest BCUT2D eigenvalue weighted by molar-refractivity contribution is 0.0918. The molecule has 0 aromatic heterocycles. The Morgan fingerprint density at radius 3 is 2.70 bits per heavy atom. The first kappa shape index (κ1) is 15.5. The lowest BCUT2D eigenvalue weighted by Gasteiger charge is -2.26. The van der Waals surface area contributed by atoms with E-state index >= 15 is 0 Å². The molecular weight excluding hydrogens is 268 g/mol. The molecule has 1 aromatic rings. The van der Waals surface area contributed by atoms with Crippen LogP contribution in [0.15, 0.2) is 23.1 Å². The standard InChI is InChI=1S/C16H24N2OS/c1-12(2)20-16-5-4-13(3)10-14(16)15(19)11-18-8-6-17-7-9-18/h4-5,10,12,17H,6-9,11H2,1-3H3. The highest BCUT2D eigenvalue weighted by Crippen LogP contribution is 2.28. The van der Waals surface area contributed by atoms with Gasteiger partial charge < -0.3 is 5.32 Å². The molecule has 1 aliphatic heterocycles. The van der Waals surface area contributed by atoms with Gasteiger partial charge in [0.2, 0.25) is 0 Å².